The smallest absolute Gasteiger partial charge is 0.339 e. The first-order valence-electron chi connectivity index (χ1n) is 5.48. The maximum absolute atomic E-state index is 11.2. The van der Waals surface area contributed by atoms with Gasteiger partial charge in [0.05, 0.1) is 0 Å². The SMILES string of the molecule is CCC(=O)ONC(=O)NC1CCCCC1. The van der Waals surface area contributed by atoms with E-state index >= 15 is 0 Å². The molecule has 0 aromatic carbocycles. The van der Waals surface area contributed by atoms with E-state index in [-0.39, 0.29) is 12.5 Å². The van der Waals surface area contributed by atoms with Gasteiger partial charge in [-0.05, 0) is 12.8 Å². The van der Waals surface area contributed by atoms with Gasteiger partial charge in [-0.2, -0.15) is 5.48 Å². The van der Waals surface area contributed by atoms with E-state index in [0.29, 0.717) is 0 Å². The van der Waals surface area contributed by atoms with Crippen LogP contribution in [0, 0.1) is 0 Å². The number of hydroxylamine groups is 1. The Kier molecular flexibility index (Phi) is 4.93. The summed E-state index contributed by atoms with van der Waals surface area (Å²) < 4.78 is 0. The van der Waals surface area contributed by atoms with Crippen LogP contribution in [0.5, 0.6) is 0 Å². The predicted molar refractivity (Wildman–Crippen MR) is 54.9 cm³/mol. The molecular formula is C10H18N2O3. The van der Waals surface area contributed by atoms with Gasteiger partial charge in [0, 0.05) is 12.5 Å². The molecule has 5 heteroatoms. The van der Waals surface area contributed by atoms with Crippen molar-refractivity contribution in [3.05, 3.63) is 0 Å². The fourth-order valence-electron chi connectivity index (χ4n) is 1.64. The minimum atomic E-state index is -0.436. The lowest BCUT2D eigenvalue weighted by Gasteiger charge is -2.22. The zero-order chi connectivity index (χ0) is 11.1. The number of urea groups is 1. The van der Waals surface area contributed by atoms with Crippen LogP contribution in [0.4, 0.5) is 4.79 Å². The number of hydrogen-bond donors (Lipinski definition) is 2. The summed E-state index contributed by atoms with van der Waals surface area (Å²) in [6.07, 6.45) is 5.82. The molecule has 2 amide bonds. The van der Waals surface area contributed by atoms with Crippen molar-refractivity contribution in [3.8, 4) is 0 Å². The summed E-state index contributed by atoms with van der Waals surface area (Å²) in [5.41, 5.74) is 2.08. The van der Waals surface area contributed by atoms with Crippen LogP contribution >= 0.6 is 0 Å². The van der Waals surface area contributed by atoms with Crippen LogP contribution in [0.1, 0.15) is 45.4 Å². The number of rotatable bonds is 2. The first-order chi connectivity index (χ1) is 7.22. The van der Waals surface area contributed by atoms with Crippen molar-refractivity contribution in [2.24, 2.45) is 0 Å². The maximum Gasteiger partial charge on any atom is 0.348 e. The van der Waals surface area contributed by atoms with Crippen LogP contribution < -0.4 is 10.8 Å². The second kappa shape index (κ2) is 6.27. The van der Waals surface area contributed by atoms with Crippen molar-refractivity contribution in [3.63, 3.8) is 0 Å². The van der Waals surface area contributed by atoms with Gasteiger partial charge in [-0.25, -0.2) is 9.59 Å². The number of hydrogen-bond acceptors (Lipinski definition) is 3. The Hall–Kier alpha value is -1.26. The molecule has 0 aliphatic heterocycles. The lowest BCUT2D eigenvalue weighted by atomic mass is 9.96. The summed E-state index contributed by atoms with van der Waals surface area (Å²) in [5.74, 6) is -0.436. The van der Waals surface area contributed by atoms with Crippen molar-refractivity contribution in [2.75, 3.05) is 0 Å². The highest BCUT2D eigenvalue weighted by Crippen LogP contribution is 2.16. The summed E-state index contributed by atoms with van der Waals surface area (Å²) in [6, 6.07) is -0.206. The van der Waals surface area contributed by atoms with Gasteiger partial charge >= 0.3 is 12.0 Å². The lowest BCUT2D eigenvalue weighted by Crippen LogP contribution is -2.43. The van der Waals surface area contributed by atoms with Gasteiger partial charge in [-0.15, -0.1) is 0 Å². The van der Waals surface area contributed by atoms with Crippen LogP contribution in [0.3, 0.4) is 0 Å². The first-order valence-corrected chi connectivity index (χ1v) is 5.48. The molecular weight excluding hydrogens is 196 g/mol. The molecule has 0 bridgehead atoms. The number of carbonyl (C=O) groups excluding carboxylic acids is 2. The molecule has 5 nitrogen and oxygen atoms in total. The topological polar surface area (TPSA) is 67.4 Å². The van der Waals surface area contributed by atoms with Crippen molar-refractivity contribution >= 4 is 12.0 Å². The molecule has 2 N–H and O–H groups in total. The summed E-state index contributed by atoms with van der Waals surface area (Å²) in [4.78, 5) is 26.5. The van der Waals surface area contributed by atoms with Crippen molar-refractivity contribution in [1.82, 2.24) is 10.8 Å². The molecule has 86 valence electrons. The number of nitrogens with one attached hydrogen (secondary N) is 2. The summed E-state index contributed by atoms with van der Waals surface area (Å²) in [7, 11) is 0. The molecule has 0 aromatic rings. The Bertz CT molecular complexity index is 225. The first kappa shape index (κ1) is 11.8. The molecule has 0 spiro atoms. The second-order valence-corrected chi connectivity index (χ2v) is 3.74. The largest absolute Gasteiger partial charge is 0.348 e. The zero-order valence-corrected chi connectivity index (χ0v) is 9.04. The molecule has 1 fully saturated rings. The molecule has 0 radical (unpaired) electrons. The van der Waals surface area contributed by atoms with Crippen molar-refractivity contribution in [2.45, 2.75) is 51.5 Å². The average Bonchev–Trinajstić information content (AvgIpc) is 2.27. The summed E-state index contributed by atoms with van der Waals surface area (Å²) in [6.45, 7) is 1.67. The maximum atomic E-state index is 11.2. The van der Waals surface area contributed by atoms with E-state index < -0.39 is 12.0 Å². The monoisotopic (exact) mass is 214 g/mol. The predicted octanol–water partition coefficient (Wildman–Crippen LogP) is 1.49. The van der Waals surface area contributed by atoms with Crippen molar-refractivity contribution in [1.29, 1.82) is 0 Å². The molecule has 0 atom stereocenters. The van der Waals surface area contributed by atoms with Gasteiger partial charge in [-0.1, -0.05) is 26.2 Å². The Morgan fingerprint density at radius 1 is 1.27 bits per heavy atom. The fraction of sp³-hybridized carbons (Fsp3) is 0.800. The number of amides is 2. The average molecular weight is 214 g/mol. The van der Waals surface area contributed by atoms with E-state index in [2.05, 4.69) is 15.6 Å². The molecule has 1 aliphatic rings. The third-order valence-corrected chi connectivity index (χ3v) is 2.49. The minimum absolute atomic E-state index is 0.221. The van der Waals surface area contributed by atoms with Crippen LogP contribution in [0.15, 0.2) is 0 Å². The highest BCUT2D eigenvalue weighted by Gasteiger charge is 2.15. The lowest BCUT2D eigenvalue weighted by molar-refractivity contribution is -0.148. The Morgan fingerprint density at radius 3 is 2.53 bits per heavy atom. The fourth-order valence-corrected chi connectivity index (χ4v) is 1.64. The Labute approximate surface area is 89.5 Å². The molecule has 0 unspecified atom stereocenters. The number of carbonyl (C=O) groups is 2. The van der Waals surface area contributed by atoms with E-state index in [1.54, 1.807) is 6.92 Å². The van der Waals surface area contributed by atoms with E-state index in [1.165, 1.54) is 6.42 Å². The van der Waals surface area contributed by atoms with Gasteiger partial charge in [0.25, 0.3) is 0 Å². The quantitative estimate of drug-likeness (QED) is 0.684. The zero-order valence-electron chi connectivity index (χ0n) is 9.04. The minimum Gasteiger partial charge on any atom is -0.339 e. The van der Waals surface area contributed by atoms with Gasteiger partial charge < -0.3 is 10.2 Å². The van der Waals surface area contributed by atoms with Gasteiger partial charge in [0.1, 0.15) is 0 Å². The van der Waals surface area contributed by atoms with Gasteiger partial charge in [0.15, 0.2) is 0 Å². The van der Waals surface area contributed by atoms with Crippen molar-refractivity contribution < 1.29 is 14.4 Å². The molecule has 0 saturated heterocycles. The van der Waals surface area contributed by atoms with E-state index in [4.69, 9.17) is 0 Å². The van der Waals surface area contributed by atoms with Crippen LogP contribution in [0.2, 0.25) is 0 Å². The highest BCUT2D eigenvalue weighted by molar-refractivity contribution is 5.76. The van der Waals surface area contributed by atoms with Gasteiger partial charge in [0.2, 0.25) is 0 Å². The molecule has 1 aliphatic carbocycles. The third kappa shape index (κ3) is 4.67. The third-order valence-electron chi connectivity index (χ3n) is 2.49. The van der Waals surface area contributed by atoms with E-state index in [1.807, 2.05) is 0 Å². The molecule has 0 heterocycles. The standard InChI is InChI=1S/C10H18N2O3/c1-2-9(13)15-12-10(14)11-8-6-4-3-5-7-8/h8H,2-7H2,1H3,(H2,11,12,14). The molecule has 15 heavy (non-hydrogen) atoms. The summed E-state index contributed by atoms with van der Waals surface area (Å²) >= 11 is 0. The van der Waals surface area contributed by atoms with E-state index in [0.717, 1.165) is 25.7 Å². The second-order valence-electron chi connectivity index (χ2n) is 3.74. The molecule has 1 rings (SSSR count). The van der Waals surface area contributed by atoms with E-state index in [9.17, 15) is 9.59 Å². The molecule has 1 saturated carbocycles. The highest BCUT2D eigenvalue weighted by atomic mass is 16.7. The van der Waals surface area contributed by atoms with Crippen LogP contribution in [0.25, 0.3) is 0 Å². The van der Waals surface area contributed by atoms with Crippen LogP contribution in [-0.4, -0.2) is 18.0 Å². The normalized spacial score (nSPS) is 16.9. The molecule has 0 aromatic heterocycles. The Balaban J connectivity index is 2.14. The van der Waals surface area contributed by atoms with Gasteiger partial charge in [-0.3, -0.25) is 0 Å². The summed E-state index contributed by atoms with van der Waals surface area (Å²) in [5, 5.41) is 2.77. The Morgan fingerprint density at radius 2 is 1.93 bits per heavy atom. The van der Waals surface area contributed by atoms with Crippen LogP contribution in [-0.2, 0) is 9.63 Å².